The standard InChI is InChI=1S/C23H24N2O5/c1-23(2,3)24-19(26)14-30-22(29)16-9-10-17-18(13-16)21(28)25(20(17)27)12-11-15-7-5-4-6-8-15/h4-10,13H,11-12,14H2,1-3H3,(H,24,26). The number of hydrogen-bond donors (Lipinski definition) is 1. The van der Waals surface area contributed by atoms with Crippen LogP contribution < -0.4 is 5.32 Å². The third-order valence-corrected chi connectivity index (χ3v) is 4.52. The number of amides is 3. The second-order valence-corrected chi connectivity index (χ2v) is 8.13. The molecule has 0 bridgehead atoms. The van der Waals surface area contributed by atoms with Crippen LogP contribution in [0.2, 0.25) is 0 Å². The van der Waals surface area contributed by atoms with Gasteiger partial charge in [-0.2, -0.15) is 0 Å². The highest BCUT2D eigenvalue weighted by Crippen LogP contribution is 2.24. The van der Waals surface area contributed by atoms with Crippen LogP contribution in [0.3, 0.4) is 0 Å². The molecule has 0 radical (unpaired) electrons. The van der Waals surface area contributed by atoms with Crippen molar-refractivity contribution in [2.24, 2.45) is 0 Å². The summed E-state index contributed by atoms with van der Waals surface area (Å²) in [5.74, 6) is -1.97. The van der Waals surface area contributed by atoms with E-state index in [9.17, 15) is 19.2 Å². The van der Waals surface area contributed by atoms with Crippen LogP contribution in [-0.2, 0) is 16.0 Å². The lowest BCUT2D eigenvalue weighted by Gasteiger charge is -2.20. The van der Waals surface area contributed by atoms with Crippen molar-refractivity contribution in [3.8, 4) is 0 Å². The summed E-state index contributed by atoms with van der Waals surface area (Å²) in [4.78, 5) is 50.6. The summed E-state index contributed by atoms with van der Waals surface area (Å²) in [6.45, 7) is 5.28. The molecule has 1 heterocycles. The van der Waals surface area contributed by atoms with Crippen molar-refractivity contribution in [2.45, 2.75) is 32.7 Å². The minimum absolute atomic E-state index is 0.114. The molecule has 7 nitrogen and oxygen atoms in total. The van der Waals surface area contributed by atoms with Gasteiger partial charge < -0.3 is 10.1 Å². The summed E-state index contributed by atoms with van der Waals surface area (Å²) in [5, 5.41) is 2.69. The van der Waals surface area contributed by atoms with E-state index < -0.39 is 29.9 Å². The van der Waals surface area contributed by atoms with Crippen molar-refractivity contribution in [2.75, 3.05) is 13.2 Å². The molecule has 1 aliphatic rings. The van der Waals surface area contributed by atoms with Gasteiger partial charge in [0.15, 0.2) is 6.61 Å². The normalized spacial score (nSPS) is 13.2. The molecule has 1 aliphatic heterocycles. The fraction of sp³-hybridized carbons (Fsp3) is 0.304. The fourth-order valence-corrected chi connectivity index (χ4v) is 3.18. The predicted molar refractivity (Wildman–Crippen MR) is 110 cm³/mol. The monoisotopic (exact) mass is 408 g/mol. The lowest BCUT2D eigenvalue weighted by atomic mass is 10.1. The molecule has 2 aromatic carbocycles. The number of nitrogens with zero attached hydrogens (tertiary/aromatic N) is 1. The topological polar surface area (TPSA) is 92.8 Å². The summed E-state index contributed by atoms with van der Waals surface area (Å²) in [7, 11) is 0. The molecule has 30 heavy (non-hydrogen) atoms. The van der Waals surface area contributed by atoms with E-state index in [0.29, 0.717) is 6.42 Å². The van der Waals surface area contributed by atoms with E-state index in [4.69, 9.17) is 4.74 Å². The molecular formula is C23H24N2O5. The van der Waals surface area contributed by atoms with E-state index in [1.54, 1.807) is 0 Å². The highest BCUT2D eigenvalue weighted by atomic mass is 16.5. The Labute approximate surface area is 175 Å². The number of hydrogen-bond acceptors (Lipinski definition) is 5. The van der Waals surface area contributed by atoms with Gasteiger partial charge in [0.25, 0.3) is 17.7 Å². The first-order valence-electron chi connectivity index (χ1n) is 9.68. The maximum Gasteiger partial charge on any atom is 0.338 e. The lowest BCUT2D eigenvalue weighted by molar-refractivity contribution is -0.125. The fourth-order valence-electron chi connectivity index (χ4n) is 3.18. The average Bonchev–Trinajstić information content (AvgIpc) is 2.93. The third kappa shape index (κ3) is 4.92. The molecule has 0 aliphatic carbocycles. The molecule has 0 saturated heterocycles. The Balaban J connectivity index is 1.66. The van der Waals surface area contributed by atoms with Gasteiger partial charge in [0.2, 0.25) is 0 Å². The second-order valence-electron chi connectivity index (χ2n) is 8.13. The van der Waals surface area contributed by atoms with Crippen LogP contribution in [0.15, 0.2) is 48.5 Å². The molecule has 0 saturated carbocycles. The zero-order chi connectivity index (χ0) is 21.9. The molecule has 0 unspecified atom stereocenters. The molecule has 1 N–H and O–H groups in total. The third-order valence-electron chi connectivity index (χ3n) is 4.52. The Morgan fingerprint density at radius 2 is 1.63 bits per heavy atom. The van der Waals surface area contributed by atoms with Crippen molar-refractivity contribution < 1.29 is 23.9 Å². The number of ether oxygens (including phenoxy) is 1. The Morgan fingerprint density at radius 3 is 2.30 bits per heavy atom. The van der Waals surface area contributed by atoms with Crippen molar-refractivity contribution in [3.05, 3.63) is 70.8 Å². The van der Waals surface area contributed by atoms with Gasteiger partial charge in [0.05, 0.1) is 16.7 Å². The number of nitrogens with one attached hydrogen (secondary N) is 1. The number of fused-ring (bicyclic) bond motifs is 1. The van der Waals surface area contributed by atoms with Crippen molar-refractivity contribution in [3.63, 3.8) is 0 Å². The maximum atomic E-state index is 12.7. The maximum absolute atomic E-state index is 12.7. The first kappa shape index (κ1) is 21.2. The van der Waals surface area contributed by atoms with Gasteiger partial charge in [-0.05, 0) is 51.0 Å². The number of benzene rings is 2. The Morgan fingerprint density at radius 1 is 0.967 bits per heavy atom. The molecule has 3 amide bonds. The Kier molecular flexibility index (Phi) is 6.01. The zero-order valence-corrected chi connectivity index (χ0v) is 17.2. The largest absolute Gasteiger partial charge is 0.452 e. The molecule has 2 aromatic rings. The number of carbonyl (C=O) groups is 4. The Bertz CT molecular complexity index is 992. The average molecular weight is 408 g/mol. The van der Waals surface area contributed by atoms with Gasteiger partial charge >= 0.3 is 5.97 Å². The van der Waals surface area contributed by atoms with E-state index in [2.05, 4.69) is 5.32 Å². The van der Waals surface area contributed by atoms with Gasteiger partial charge in [0.1, 0.15) is 0 Å². The molecule has 0 spiro atoms. The lowest BCUT2D eigenvalue weighted by Crippen LogP contribution is -2.42. The molecule has 0 fully saturated rings. The zero-order valence-electron chi connectivity index (χ0n) is 17.2. The number of imide groups is 1. The summed E-state index contributed by atoms with van der Waals surface area (Å²) in [6.07, 6.45) is 0.546. The van der Waals surface area contributed by atoms with Crippen LogP contribution in [0.4, 0.5) is 0 Å². The van der Waals surface area contributed by atoms with E-state index in [0.717, 1.165) is 5.56 Å². The van der Waals surface area contributed by atoms with Crippen LogP contribution >= 0.6 is 0 Å². The van der Waals surface area contributed by atoms with Gasteiger partial charge in [-0.25, -0.2) is 4.79 Å². The number of esters is 1. The van der Waals surface area contributed by atoms with E-state index in [-0.39, 0.29) is 29.1 Å². The molecule has 0 atom stereocenters. The predicted octanol–water partition coefficient (Wildman–Crippen LogP) is 2.60. The number of carbonyl (C=O) groups excluding carboxylic acids is 4. The highest BCUT2D eigenvalue weighted by molar-refractivity contribution is 6.22. The van der Waals surface area contributed by atoms with Crippen LogP contribution in [0.25, 0.3) is 0 Å². The van der Waals surface area contributed by atoms with Crippen LogP contribution in [0, 0.1) is 0 Å². The number of rotatable bonds is 6. The SMILES string of the molecule is CC(C)(C)NC(=O)COC(=O)c1ccc2c(c1)C(=O)N(CCc1ccccc1)C2=O. The smallest absolute Gasteiger partial charge is 0.338 e. The van der Waals surface area contributed by atoms with Crippen molar-refractivity contribution in [1.82, 2.24) is 10.2 Å². The van der Waals surface area contributed by atoms with Crippen LogP contribution in [-0.4, -0.2) is 47.3 Å². The minimum atomic E-state index is -0.732. The van der Waals surface area contributed by atoms with Gasteiger partial charge in [-0.1, -0.05) is 30.3 Å². The summed E-state index contributed by atoms with van der Waals surface area (Å²) in [6, 6.07) is 13.8. The van der Waals surface area contributed by atoms with Crippen molar-refractivity contribution >= 4 is 23.7 Å². The van der Waals surface area contributed by atoms with E-state index in [1.165, 1.54) is 23.1 Å². The second kappa shape index (κ2) is 8.49. The van der Waals surface area contributed by atoms with Crippen LogP contribution in [0.5, 0.6) is 0 Å². The summed E-state index contributed by atoms with van der Waals surface area (Å²) in [5.41, 5.74) is 1.12. The first-order valence-corrected chi connectivity index (χ1v) is 9.68. The van der Waals surface area contributed by atoms with Crippen molar-refractivity contribution in [1.29, 1.82) is 0 Å². The molecular weight excluding hydrogens is 384 g/mol. The van der Waals surface area contributed by atoms with Gasteiger partial charge in [-0.3, -0.25) is 19.3 Å². The summed E-state index contributed by atoms with van der Waals surface area (Å²) < 4.78 is 5.03. The van der Waals surface area contributed by atoms with Gasteiger partial charge in [-0.15, -0.1) is 0 Å². The molecule has 7 heteroatoms. The highest BCUT2D eigenvalue weighted by Gasteiger charge is 2.35. The van der Waals surface area contributed by atoms with E-state index in [1.807, 2.05) is 51.1 Å². The molecule has 3 rings (SSSR count). The molecule has 156 valence electrons. The Hall–Kier alpha value is -3.48. The first-order chi connectivity index (χ1) is 14.2. The quantitative estimate of drug-likeness (QED) is 0.586. The summed E-state index contributed by atoms with van der Waals surface area (Å²) >= 11 is 0. The minimum Gasteiger partial charge on any atom is -0.452 e. The van der Waals surface area contributed by atoms with E-state index >= 15 is 0 Å². The van der Waals surface area contributed by atoms with Crippen LogP contribution in [0.1, 0.15) is 57.4 Å². The molecule has 0 aromatic heterocycles. The van der Waals surface area contributed by atoms with Gasteiger partial charge in [0, 0.05) is 12.1 Å².